The lowest BCUT2D eigenvalue weighted by molar-refractivity contribution is 0.102. The topological polar surface area (TPSA) is 76.1 Å². The maximum absolute atomic E-state index is 12.4. The summed E-state index contributed by atoms with van der Waals surface area (Å²) in [6, 6.07) is 16.7. The second-order valence-electron chi connectivity index (χ2n) is 6.09. The molecule has 1 amide bonds. The zero-order valence-corrected chi connectivity index (χ0v) is 15.6. The number of rotatable bonds is 6. The molecular weight excluding hydrogens is 340 g/mol. The van der Waals surface area contributed by atoms with Crippen molar-refractivity contribution in [1.82, 2.24) is 10.2 Å². The fourth-order valence-corrected chi connectivity index (χ4v) is 2.54. The Balaban J connectivity index is 1.65. The van der Waals surface area contributed by atoms with Crippen molar-refractivity contribution >= 4 is 23.1 Å². The summed E-state index contributed by atoms with van der Waals surface area (Å²) in [5.74, 6) is 1.08. The van der Waals surface area contributed by atoms with Gasteiger partial charge in [0.2, 0.25) is 0 Å². The molecule has 6 heteroatoms. The van der Waals surface area contributed by atoms with Gasteiger partial charge in [0.1, 0.15) is 5.75 Å². The van der Waals surface area contributed by atoms with Gasteiger partial charge in [-0.2, -0.15) is 0 Å². The number of ether oxygens (including phenoxy) is 1. The highest BCUT2D eigenvalue weighted by Crippen LogP contribution is 2.20. The van der Waals surface area contributed by atoms with Crippen LogP contribution in [0.2, 0.25) is 0 Å². The molecule has 0 aliphatic carbocycles. The second-order valence-corrected chi connectivity index (χ2v) is 6.09. The molecule has 0 saturated heterocycles. The number of carbonyl (C=O) groups is 1. The van der Waals surface area contributed by atoms with E-state index in [1.807, 2.05) is 63.2 Å². The van der Waals surface area contributed by atoms with Crippen molar-refractivity contribution < 1.29 is 9.53 Å². The molecule has 27 heavy (non-hydrogen) atoms. The van der Waals surface area contributed by atoms with Crippen molar-refractivity contribution in [2.45, 2.75) is 20.8 Å². The number of aromatic nitrogens is 2. The molecule has 0 aliphatic heterocycles. The Hall–Kier alpha value is -3.41. The van der Waals surface area contributed by atoms with E-state index >= 15 is 0 Å². The third kappa shape index (κ3) is 4.61. The maximum Gasteiger partial charge on any atom is 0.276 e. The molecule has 1 heterocycles. The van der Waals surface area contributed by atoms with Gasteiger partial charge in [0, 0.05) is 11.4 Å². The quantitative estimate of drug-likeness (QED) is 0.676. The number of anilines is 3. The van der Waals surface area contributed by atoms with Crippen LogP contribution in [0.5, 0.6) is 5.75 Å². The number of benzene rings is 2. The van der Waals surface area contributed by atoms with E-state index in [4.69, 9.17) is 4.74 Å². The molecule has 3 rings (SSSR count). The van der Waals surface area contributed by atoms with Crippen LogP contribution in [-0.4, -0.2) is 22.7 Å². The molecule has 0 fully saturated rings. The lowest BCUT2D eigenvalue weighted by atomic mass is 10.1. The van der Waals surface area contributed by atoms with Gasteiger partial charge in [-0.25, -0.2) is 0 Å². The molecule has 0 atom stereocenters. The van der Waals surface area contributed by atoms with E-state index in [1.165, 1.54) is 0 Å². The lowest BCUT2D eigenvalue weighted by Gasteiger charge is -2.10. The Labute approximate surface area is 158 Å². The zero-order chi connectivity index (χ0) is 19.2. The van der Waals surface area contributed by atoms with Crippen LogP contribution in [0.1, 0.15) is 28.5 Å². The van der Waals surface area contributed by atoms with Crippen LogP contribution in [0.25, 0.3) is 0 Å². The van der Waals surface area contributed by atoms with Crippen LogP contribution in [0.4, 0.5) is 17.2 Å². The van der Waals surface area contributed by atoms with Gasteiger partial charge in [0.05, 0.1) is 6.61 Å². The highest BCUT2D eigenvalue weighted by molar-refractivity contribution is 6.03. The van der Waals surface area contributed by atoms with Crippen molar-refractivity contribution in [3.63, 3.8) is 0 Å². The van der Waals surface area contributed by atoms with E-state index in [-0.39, 0.29) is 11.6 Å². The molecule has 0 unspecified atom stereocenters. The minimum absolute atomic E-state index is 0.258. The molecule has 2 aromatic carbocycles. The number of hydrogen-bond acceptors (Lipinski definition) is 5. The third-order valence-electron chi connectivity index (χ3n) is 4.19. The third-order valence-corrected chi connectivity index (χ3v) is 4.19. The second kappa shape index (κ2) is 8.31. The minimum Gasteiger partial charge on any atom is -0.494 e. The highest BCUT2D eigenvalue weighted by atomic mass is 16.5. The number of amides is 1. The first kappa shape index (κ1) is 18.4. The number of nitrogens with one attached hydrogen (secondary N) is 2. The van der Waals surface area contributed by atoms with Crippen LogP contribution >= 0.6 is 0 Å². The molecule has 0 aliphatic rings. The average molecular weight is 362 g/mol. The normalized spacial score (nSPS) is 10.3. The van der Waals surface area contributed by atoms with E-state index in [0.717, 1.165) is 28.3 Å². The predicted octanol–water partition coefficient (Wildman–Crippen LogP) is 4.49. The molecule has 138 valence electrons. The summed E-state index contributed by atoms with van der Waals surface area (Å²) in [6.45, 7) is 6.55. The standard InChI is InChI=1S/C21H22N4O2/c1-4-27-17-10-8-16(9-11-17)22-20-13-12-19(24-25-20)21(26)23-18-7-5-6-14(2)15(18)3/h5-13H,4H2,1-3H3,(H,22,25)(H,23,26). The number of aryl methyl sites for hydroxylation is 1. The Morgan fingerprint density at radius 3 is 2.44 bits per heavy atom. The van der Waals surface area contributed by atoms with Gasteiger partial charge in [0.25, 0.3) is 5.91 Å². The predicted molar refractivity (Wildman–Crippen MR) is 107 cm³/mol. The maximum atomic E-state index is 12.4. The molecule has 1 aromatic heterocycles. The largest absolute Gasteiger partial charge is 0.494 e. The summed E-state index contributed by atoms with van der Waals surface area (Å²) in [5.41, 5.74) is 4.05. The van der Waals surface area contributed by atoms with Crippen LogP contribution < -0.4 is 15.4 Å². The monoisotopic (exact) mass is 362 g/mol. The van der Waals surface area contributed by atoms with E-state index in [1.54, 1.807) is 12.1 Å². The average Bonchev–Trinajstić information content (AvgIpc) is 2.68. The molecule has 2 N–H and O–H groups in total. The summed E-state index contributed by atoms with van der Waals surface area (Å²) >= 11 is 0. The summed E-state index contributed by atoms with van der Waals surface area (Å²) in [7, 11) is 0. The van der Waals surface area contributed by atoms with Gasteiger partial charge in [-0.1, -0.05) is 12.1 Å². The SMILES string of the molecule is CCOc1ccc(Nc2ccc(C(=O)Nc3cccc(C)c3C)nn2)cc1. The van der Waals surface area contributed by atoms with Crippen molar-refractivity contribution in [2.24, 2.45) is 0 Å². The highest BCUT2D eigenvalue weighted by Gasteiger charge is 2.11. The Kier molecular flexibility index (Phi) is 5.66. The summed E-state index contributed by atoms with van der Waals surface area (Å²) < 4.78 is 5.42. The molecule has 3 aromatic rings. The van der Waals surface area contributed by atoms with Gasteiger partial charge in [0.15, 0.2) is 11.5 Å². The molecule has 0 radical (unpaired) electrons. The van der Waals surface area contributed by atoms with Crippen molar-refractivity contribution in [3.8, 4) is 5.75 Å². The van der Waals surface area contributed by atoms with E-state index in [0.29, 0.717) is 12.4 Å². The summed E-state index contributed by atoms with van der Waals surface area (Å²) in [5, 5.41) is 14.1. The Bertz CT molecular complexity index is 922. The first-order valence-corrected chi connectivity index (χ1v) is 8.78. The van der Waals surface area contributed by atoms with E-state index in [9.17, 15) is 4.79 Å². The minimum atomic E-state index is -0.288. The van der Waals surface area contributed by atoms with Gasteiger partial charge in [-0.15, -0.1) is 10.2 Å². The molecule has 0 spiro atoms. The summed E-state index contributed by atoms with van der Waals surface area (Å²) in [6.07, 6.45) is 0. The van der Waals surface area contributed by atoms with Crippen LogP contribution in [0.3, 0.4) is 0 Å². The van der Waals surface area contributed by atoms with Gasteiger partial charge >= 0.3 is 0 Å². The van der Waals surface area contributed by atoms with Crippen molar-refractivity contribution in [2.75, 3.05) is 17.2 Å². The molecule has 6 nitrogen and oxygen atoms in total. The lowest BCUT2D eigenvalue weighted by Crippen LogP contribution is -2.15. The number of hydrogen-bond donors (Lipinski definition) is 2. The molecule has 0 saturated carbocycles. The first-order chi connectivity index (χ1) is 13.1. The molecular formula is C21H22N4O2. The van der Waals surface area contributed by atoms with Crippen LogP contribution in [0.15, 0.2) is 54.6 Å². The first-order valence-electron chi connectivity index (χ1n) is 8.78. The summed E-state index contributed by atoms with van der Waals surface area (Å²) in [4.78, 5) is 12.4. The van der Waals surface area contributed by atoms with E-state index < -0.39 is 0 Å². The van der Waals surface area contributed by atoms with Gasteiger partial charge in [-0.05, 0) is 74.4 Å². The fourth-order valence-electron chi connectivity index (χ4n) is 2.54. The molecule has 0 bridgehead atoms. The van der Waals surface area contributed by atoms with Gasteiger partial charge in [-0.3, -0.25) is 4.79 Å². The number of nitrogens with zero attached hydrogens (tertiary/aromatic N) is 2. The fraction of sp³-hybridized carbons (Fsp3) is 0.190. The van der Waals surface area contributed by atoms with Crippen molar-refractivity contribution in [3.05, 3.63) is 71.4 Å². The smallest absolute Gasteiger partial charge is 0.276 e. The van der Waals surface area contributed by atoms with Gasteiger partial charge < -0.3 is 15.4 Å². The zero-order valence-electron chi connectivity index (χ0n) is 15.6. The Morgan fingerprint density at radius 1 is 1.00 bits per heavy atom. The number of carbonyl (C=O) groups excluding carboxylic acids is 1. The van der Waals surface area contributed by atoms with E-state index in [2.05, 4.69) is 20.8 Å². The Morgan fingerprint density at radius 2 is 1.78 bits per heavy atom. The van der Waals surface area contributed by atoms with Crippen LogP contribution in [-0.2, 0) is 0 Å². The van der Waals surface area contributed by atoms with Crippen molar-refractivity contribution in [1.29, 1.82) is 0 Å². The van der Waals surface area contributed by atoms with Crippen LogP contribution in [0, 0.1) is 13.8 Å².